The van der Waals surface area contributed by atoms with Crippen molar-refractivity contribution >= 4 is 5.97 Å². The highest BCUT2D eigenvalue weighted by molar-refractivity contribution is 5.65. The summed E-state index contributed by atoms with van der Waals surface area (Å²) in [4.78, 5) is 13.3. The number of nitrogens with zero attached hydrogens (tertiary/aromatic N) is 1. The molecular weight excluding hydrogens is 254 g/mol. The maximum atomic E-state index is 11.0. The van der Waals surface area contributed by atoms with Crippen molar-refractivity contribution in [3.8, 4) is 0 Å². The highest BCUT2D eigenvalue weighted by atomic mass is 16.5. The number of hydrogen-bond donors (Lipinski definition) is 0. The van der Waals surface area contributed by atoms with Crippen molar-refractivity contribution in [2.45, 2.75) is 25.6 Å². The molecule has 1 heterocycles. The number of benzene rings is 1. The lowest BCUT2D eigenvalue weighted by Crippen LogP contribution is -2.50. The van der Waals surface area contributed by atoms with Gasteiger partial charge in [-0.1, -0.05) is 36.4 Å². The Morgan fingerprint density at radius 3 is 2.90 bits per heavy atom. The van der Waals surface area contributed by atoms with Crippen LogP contribution < -0.4 is 0 Å². The van der Waals surface area contributed by atoms with Crippen LogP contribution in [-0.4, -0.2) is 42.8 Å². The molecule has 0 aliphatic carbocycles. The molecule has 1 aromatic carbocycles. The molecule has 20 heavy (non-hydrogen) atoms. The van der Waals surface area contributed by atoms with E-state index in [0.29, 0.717) is 13.2 Å². The van der Waals surface area contributed by atoms with E-state index < -0.39 is 0 Å². The van der Waals surface area contributed by atoms with Gasteiger partial charge in [0.2, 0.25) is 0 Å². The molecule has 1 aromatic rings. The second-order valence-electron chi connectivity index (χ2n) is 4.98. The number of morpholine rings is 1. The zero-order valence-corrected chi connectivity index (χ0v) is 11.8. The van der Waals surface area contributed by atoms with Crippen LogP contribution in [0.3, 0.4) is 0 Å². The quantitative estimate of drug-likeness (QED) is 0.608. The summed E-state index contributed by atoms with van der Waals surface area (Å²) in [6.45, 7) is 7.72. The fourth-order valence-electron chi connectivity index (χ4n) is 2.29. The van der Waals surface area contributed by atoms with E-state index in [2.05, 4.69) is 23.6 Å². The lowest BCUT2D eigenvalue weighted by molar-refractivity contribution is -0.146. The number of carbonyl (C=O) groups is 1. The predicted molar refractivity (Wildman–Crippen MR) is 77.2 cm³/mol. The first-order chi connectivity index (χ1) is 9.69. The van der Waals surface area contributed by atoms with Gasteiger partial charge in [-0.25, -0.2) is 0 Å². The van der Waals surface area contributed by atoms with E-state index >= 15 is 0 Å². The van der Waals surface area contributed by atoms with Gasteiger partial charge in [-0.15, -0.1) is 6.58 Å². The molecule has 0 radical (unpaired) electrons. The first-order valence-electron chi connectivity index (χ1n) is 6.84. The number of hydrogen-bond acceptors (Lipinski definition) is 4. The van der Waals surface area contributed by atoms with Crippen LogP contribution in [0.25, 0.3) is 0 Å². The van der Waals surface area contributed by atoms with Gasteiger partial charge in [0.25, 0.3) is 0 Å². The van der Waals surface area contributed by atoms with Gasteiger partial charge in [0, 0.05) is 20.0 Å². The maximum absolute atomic E-state index is 11.0. The Balaban J connectivity index is 2.01. The number of ether oxygens (including phenoxy) is 2. The Morgan fingerprint density at radius 1 is 1.50 bits per heavy atom. The molecule has 1 fully saturated rings. The van der Waals surface area contributed by atoms with Gasteiger partial charge >= 0.3 is 5.97 Å². The van der Waals surface area contributed by atoms with E-state index in [1.54, 1.807) is 0 Å². The topological polar surface area (TPSA) is 38.8 Å². The summed E-state index contributed by atoms with van der Waals surface area (Å²) in [5, 5.41) is 0. The molecule has 4 heteroatoms. The van der Waals surface area contributed by atoms with E-state index in [0.717, 1.165) is 13.1 Å². The van der Waals surface area contributed by atoms with Crippen molar-refractivity contribution in [3.63, 3.8) is 0 Å². The van der Waals surface area contributed by atoms with Gasteiger partial charge in [0.05, 0.1) is 18.8 Å². The van der Waals surface area contributed by atoms with Crippen molar-refractivity contribution in [2.24, 2.45) is 0 Å². The normalized spacial score (nSPS) is 23.2. The molecule has 0 aromatic heterocycles. The summed E-state index contributed by atoms with van der Waals surface area (Å²) in [6.07, 6.45) is 1.85. The smallest absolute Gasteiger partial charge is 0.302 e. The van der Waals surface area contributed by atoms with Gasteiger partial charge in [-0.3, -0.25) is 9.69 Å². The Labute approximate surface area is 120 Å². The molecule has 4 nitrogen and oxygen atoms in total. The summed E-state index contributed by atoms with van der Waals surface area (Å²) in [5.74, 6) is -0.254. The van der Waals surface area contributed by atoms with Crippen molar-refractivity contribution in [3.05, 3.63) is 48.6 Å². The lowest BCUT2D eigenvalue weighted by Gasteiger charge is -2.38. The number of esters is 1. The first-order valence-corrected chi connectivity index (χ1v) is 6.84. The fraction of sp³-hybridized carbons (Fsp3) is 0.438. The van der Waals surface area contributed by atoms with E-state index in [1.165, 1.54) is 12.5 Å². The molecule has 1 saturated heterocycles. The highest BCUT2D eigenvalue weighted by Crippen LogP contribution is 2.16. The molecule has 0 saturated carbocycles. The molecule has 1 aliphatic heterocycles. The second-order valence-corrected chi connectivity index (χ2v) is 4.98. The Bertz CT molecular complexity index is 446. The molecule has 2 atom stereocenters. The van der Waals surface area contributed by atoms with Crippen molar-refractivity contribution in [1.82, 2.24) is 4.90 Å². The van der Waals surface area contributed by atoms with E-state index in [-0.39, 0.29) is 18.1 Å². The third kappa shape index (κ3) is 4.18. The van der Waals surface area contributed by atoms with Crippen molar-refractivity contribution < 1.29 is 14.3 Å². The van der Waals surface area contributed by atoms with E-state index in [1.807, 2.05) is 24.3 Å². The van der Waals surface area contributed by atoms with E-state index in [9.17, 15) is 4.79 Å². The third-order valence-corrected chi connectivity index (χ3v) is 3.40. The van der Waals surface area contributed by atoms with Crippen LogP contribution >= 0.6 is 0 Å². The molecule has 108 valence electrons. The molecule has 0 unspecified atom stereocenters. The molecule has 2 rings (SSSR count). The van der Waals surface area contributed by atoms with Crippen molar-refractivity contribution in [1.29, 1.82) is 0 Å². The van der Waals surface area contributed by atoms with Crippen LogP contribution in [-0.2, 0) is 20.8 Å². The fourth-order valence-corrected chi connectivity index (χ4v) is 2.29. The standard InChI is InChI=1S/C16H21NO3/c1-3-16-10-17(9-14-7-5-4-6-8-14)15(12-20-16)11-19-13(2)18/h3-8,15-16H,1,9-12H2,2H3/t15-,16-/m1/s1. The second kappa shape index (κ2) is 7.22. The van der Waals surface area contributed by atoms with Gasteiger partial charge < -0.3 is 9.47 Å². The van der Waals surface area contributed by atoms with Gasteiger partial charge in [-0.05, 0) is 5.56 Å². The first kappa shape index (κ1) is 14.8. The largest absolute Gasteiger partial charge is 0.464 e. The van der Waals surface area contributed by atoms with Crippen LogP contribution in [0, 0.1) is 0 Å². The highest BCUT2D eigenvalue weighted by Gasteiger charge is 2.28. The monoisotopic (exact) mass is 275 g/mol. The molecule has 0 N–H and O–H groups in total. The van der Waals surface area contributed by atoms with E-state index in [4.69, 9.17) is 9.47 Å². The maximum Gasteiger partial charge on any atom is 0.302 e. The molecule has 0 amide bonds. The molecular formula is C16H21NO3. The van der Waals surface area contributed by atoms with Gasteiger partial charge in [-0.2, -0.15) is 0 Å². The summed E-state index contributed by atoms with van der Waals surface area (Å²) in [7, 11) is 0. The molecule has 0 spiro atoms. The summed E-state index contributed by atoms with van der Waals surface area (Å²) in [6, 6.07) is 10.4. The van der Waals surface area contributed by atoms with Crippen LogP contribution in [0.4, 0.5) is 0 Å². The van der Waals surface area contributed by atoms with Gasteiger partial charge in [0.15, 0.2) is 0 Å². The van der Waals surface area contributed by atoms with Crippen LogP contribution in [0.2, 0.25) is 0 Å². The average Bonchev–Trinajstić information content (AvgIpc) is 2.46. The Morgan fingerprint density at radius 2 is 2.25 bits per heavy atom. The third-order valence-electron chi connectivity index (χ3n) is 3.40. The minimum atomic E-state index is -0.254. The minimum Gasteiger partial charge on any atom is -0.464 e. The van der Waals surface area contributed by atoms with Gasteiger partial charge in [0.1, 0.15) is 6.61 Å². The van der Waals surface area contributed by atoms with Crippen molar-refractivity contribution in [2.75, 3.05) is 19.8 Å². The van der Waals surface area contributed by atoms with Crippen LogP contribution in [0.15, 0.2) is 43.0 Å². The van der Waals surface area contributed by atoms with Crippen LogP contribution in [0.1, 0.15) is 12.5 Å². The zero-order valence-electron chi connectivity index (χ0n) is 11.8. The summed E-state index contributed by atoms with van der Waals surface area (Å²) < 4.78 is 10.8. The Hall–Kier alpha value is -1.65. The number of rotatable bonds is 5. The molecule has 1 aliphatic rings. The average molecular weight is 275 g/mol. The molecule has 0 bridgehead atoms. The number of carbonyl (C=O) groups excluding carboxylic acids is 1. The summed E-state index contributed by atoms with van der Waals surface area (Å²) >= 11 is 0. The zero-order chi connectivity index (χ0) is 14.4. The minimum absolute atomic E-state index is 0.0345. The van der Waals surface area contributed by atoms with Crippen LogP contribution in [0.5, 0.6) is 0 Å². The summed E-state index contributed by atoms with van der Waals surface area (Å²) in [5.41, 5.74) is 1.24. The Kier molecular flexibility index (Phi) is 5.32. The SMILES string of the molecule is C=C[C@@H]1CN(Cc2ccccc2)[C@H](COC(C)=O)CO1. The lowest BCUT2D eigenvalue weighted by atomic mass is 10.1. The predicted octanol–water partition coefficient (Wildman–Crippen LogP) is 2.01.